The number of ketones is 2. The molecule has 174 valence electrons. The number of ether oxygens (including phenoxy) is 1. The molecule has 4 aliphatic carbocycles. The topological polar surface area (TPSA) is 63.6 Å². The molecular weight excluding hydrogens is 400 g/mol. The fourth-order valence-corrected chi connectivity index (χ4v) is 8.55. The predicted octanol–water partition coefficient (Wildman–Crippen LogP) is 4.97. The molecule has 0 heterocycles. The van der Waals surface area contributed by atoms with Crippen LogP contribution >= 0.6 is 0 Å². The molecule has 0 bridgehead atoms. The Balaban J connectivity index is 1.27. The van der Waals surface area contributed by atoms with Crippen molar-refractivity contribution in [3.05, 3.63) is 35.9 Å². The molecule has 2 unspecified atom stereocenters. The van der Waals surface area contributed by atoms with E-state index < -0.39 is 6.10 Å². The maximum absolute atomic E-state index is 13.2. The van der Waals surface area contributed by atoms with Crippen LogP contribution in [-0.4, -0.2) is 29.4 Å². The smallest absolute Gasteiger partial charge is 0.162 e. The van der Waals surface area contributed by atoms with Crippen LogP contribution < -0.4 is 0 Å². The molecule has 0 amide bonds. The van der Waals surface area contributed by atoms with Gasteiger partial charge in [-0.15, -0.1) is 0 Å². The molecule has 0 spiro atoms. The molecule has 8 atom stereocenters. The highest BCUT2D eigenvalue weighted by molar-refractivity contribution is 5.87. The minimum Gasteiger partial charge on any atom is -0.393 e. The number of benzene rings is 1. The fourth-order valence-electron chi connectivity index (χ4n) is 8.55. The molecule has 0 aliphatic heterocycles. The molecule has 4 aliphatic rings. The van der Waals surface area contributed by atoms with Crippen LogP contribution in [0.2, 0.25) is 0 Å². The number of aliphatic hydroxyl groups is 1. The molecule has 32 heavy (non-hydrogen) atoms. The molecule has 1 N–H and O–H groups in total. The average molecular weight is 439 g/mol. The van der Waals surface area contributed by atoms with E-state index >= 15 is 0 Å². The van der Waals surface area contributed by atoms with Gasteiger partial charge in [-0.3, -0.25) is 9.59 Å². The summed E-state index contributed by atoms with van der Waals surface area (Å²) >= 11 is 0. The first kappa shape index (κ1) is 22.3. The van der Waals surface area contributed by atoms with Crippen molar-refractivity contribution in [3.8, 4) is 0 Å². The number of fused-ring (bicyclic) bond motifs is 5. The van der Waals surface area contributed by atoms with E-state index in [-0.39, 0.29) is 29.1 Å². The Kier molecular flexibility index (Phi) is 5.82. The highest BCUT2D eigenvalue weighted by Gasteiger charge is 2.63. The van der Waals surface area contributed by atoms with E-state index in [4.69, 9.17) is 4.74 Å². The highest BCUT2D eigenvalue weighted by atomic mass is 16.5. The van der Waals surface area contributed by atoms with Crippen LogP contribution in [0, 0.1) is 40.4 Å². The summed E-state index contributed by atoms with van der Waals surface area (Å²) in [6, 6.07) is 10.0. The Morgan fingerprint density at radius 3 is 2.62 bits per heavy atom. The van der Waals surface area contributed by atoms with E-state index in [0.717, 1.165) is 50.5 Å². The number of carbonyl (C=O) groups excluding carboxylic acids is 2. The lowest BCUT2D eigenvalue weighted by molar-refractivity contribution is -0.163. The molecule has 0 radical (unpaired) electrons. The van der Waals surface area contributed by atoms with E-state index in [1.165, 1.54) is 0 Å². The van der Waals surface area contributed by atoms with Crippen molar-refractivity contribution in [3.63, 3.8) is 0 Å². The monoisotopic (exact) mass is 438 g/mol. The third kappa shape index (κ3) is 3.49. The van der Waals surface area contributed by atoms with Crippen LogP contribution in [0.15, 0.2) is 30.3 Å². The fraction of sp³-hybridized carbons (Fsp3) is 0.714. The first-order valence-corrected chi connectivity index (χ1v) is 12.7. The minimum atomic E-state index is -0.449. The first-order valence-electron chi connectivity index (χ1n) is 12.7. The second kappa shape index (κ2) is 8.36. The van der Waals surface area contributed by atoms with Gasteiger partial charge in [0.1, 0.15) is 12.4 Å². The maximum Gasteiger partial charge on any atom is 0.162 e. The Morgan fingerprint density at radius 1 is 1.06 bits per heavy atom. The lowest BCUT2D eigenvalue weighted by Gasteiger charge is -2.59. The van der Waals surface area contributed by atoms with Crippen LogP contribution in [0.1, 0.15) is 70.8 Å². The third-order valence-electron chi connectivity index (χ3n) is 10.2. The normalized spacial score (nSPS) is 43.3. The molecule has 4 heteroatoms. The summed E-state index contributed by atoms with van der Waals surface area (Å²) in [7, 11) is 0. The summed E-state index contributed by atoms with van der Waals surface area (Å²) in [5.74, 6) is 2.45. The Labute approximate surface area is 192 Å². The molecule has 4 nitrogen and oxygen atoms in total. The zero-order valence-corrected chi connectivity index (χ0v) is 19.6. The van der Waals surface area contributed by atoms with Gasteiger partial charge < -0.3 is 9.84 Å². The van der Waals surface area contributed by atoms with Crippen LogP contribution in [0.3, 0.4) is 0 Å². The summed E-state index contributed by atoms with van der Waals surface area (Å²) in [5, 5.41) is 10.2. The van der Waals surface area contributed by atoms with Gasteiger partial charge in [-0.25, -0.2) is 0 Å². The van der Waals surface area contributed by atoms with Crippen LogP contribution in [0.5, 0.6) is 0 Å². The molecule has 4 fully saturated rings. The minimum absolute atomic E-state index is 0.0365. The van der Waals surface area contributed by atoms with Gasteiger partial charge in [-0.1, -0.05) is 44.2 Å². The lowest BCUT2D eigenvalue weighted by Crippen LogP contribution is -2.58. The zero-order valence-electron chi connectivity index (χ0n) is 19.6. The second-order valence-electron chi connectivity index (χ2n) is 11.6. The Hall–Kier alpha value is -1.52. The second-order valence-corrected chi connectivity index (χ2v) is 11.6. The van der Waals surface area contributed by atoms with Gasteiger partial charge >= 0.3 is 0 Å². The van der Waals surface area contributed by atoms with Crippen molar-refractivity contribution in [1.29, 1.82) is 0 Å². The van der Waals surface area contributed by atoms with Gasteiger partial charge in [0.2, 0.25) is 0 Å². The van der Waals surface area contributed by atoms with Gasteiger partial charge in [0, 0.05) is 17.8 Å². The third-order valence-corrected chi connectivity index (χ3v) is 10.2. The summed E-state index contributed by atoms with van der Waals surface area (Å²) in [5.41, 5.74) is 0.864. The molecule has 5 rings (SSSR count). The molecular formula is C28H38O4. The summed E-state index contributed by atoms with van der Waals surface area (Å²) in [6.07, 6.45) is 7.01. The van der Waals surface area contributed by atoms with Crippen molar-refractivity contribution < 1.29 is 19.4 Å². The van der Waals surface area contributed by atoms with Gasteiger partial charge in [-0.05, 0) is 79.6 Å². The largest absolute Gasteiger partial charge is 0.393 e. The average Bonchev–Trinajstić information content (AvgIpc) is 3.13. The molecule has 1 aromatic rings. The molecule has 4 saturated carbocycles. The van der Waals surface area contributed by atoms with Crippen molar-refractivity contribution >= 4 is 11.6 Å². The van der Waals surface area contributed by atoms with Crippen molar-refractivity contribution in [2.24, 2.45) is 40.4 Å². The summed E-state index contributed by atoms with van der Waals surface area (Å²) in [6.45, 7) is 5.24. The zero-order chi connectivity index (χ0) is 22.5. The summed E-state index contributed by atoms with van der Waals surface area (Å²) in [4.78, 5) is 26.4. The number of rotatable bonds is 5. The SMILES string of the molecule is C[C@]12CC[C@H]3[C@@H](CCC4CC(O)CC(=O)[C@@]43C)[C@@H]1CC[C@@H]2C(=O)COCc1ccccc1. The van der Waals surface area contributed by atoms with Crippen LogP contribution in [0.4, 0.5) is 0 Å². The van der Waals surface area contributed by atoms with Gasteiger partial charge in [0.15, 0.2) is 5.78 Å². The number of hydrogen-bond acceptors (Lipinski definition) is 4. The first-order chi connectivity index (χ1) is 15.3. The van der Waals surface area contributed by atoms with Gasteiger partial charge in [0.05, 0.1) is 12.7 Å². The molecule has 0 aromatic heterocycles. The van der Waals surface area contributed by atoms with Crippen molar-refractivity contribution in [1.82, 2.24) is 0 Å². The summed E-state index contributed by atoms with van der Waals surface area (Å²) < 4.78 is 5.82. The highest BCUT2D eigenvalue weighted by Crippen LogP contribution is 2.66. The molecule has 0 saturated heterocycles. The predicted molar refractivity (Wildman–Crippen MR) is 123 cm³/mol. The van der Waals surface area contributed by atoms with E-state index in [2.05, 4.69) is 13.8 Å². The standard InChI is InChI=1S/C28H38O4/c1-27-13-12-23-21(9-8-19-14-20(29)15-26(31)28(19,23)2)22(27)10-11-24(27)25(30)17-32-16-18-6-4-3-5-7-18/h3-7,19-24,29H,8-17H2,1-2H3/t19?,20?,21-,22-,23-,24+,27-,28-/m0/s1. The van der Waals surface area contributed by atoms with Crippen LogP contribution in [0.25, 0.3) is 0 Å². The number of carbonyl (C=O) groups is 2. The molecule has 1 aromatic carbocycles. The Morgan fingerprint density at radius 2 is 1.84 bits per heavy atom. The van der Waals surface area contributed by atoms with E-state index in [1.54, 1.807) is 0 Å². The van der Waals surface area contributed by atoms with E-state index in [0.29, 0.717) is 42.5 Å². The van der Waals surface area contributed by atoms with Gasteiger partial charge in [0.25, 0.3) is 0 Å². The maximum atomic E-state index is 13.2. The number of hydrogen-bond donors (Lipinski definition) is 1. The Bertz CT molecular complexity index is 865. The van der Waals surface area contributed by atoms with E-state index in [9.17, 15) is 14.7 Å². The number of Topliss-reactive ketones (excluding diaryl/α,β-unsaturated/α-hetero) is 2. The lowest BCUT2D eigenvalue weighted by atomic mass is 9.44. The quantitative estimate of drug-likeness (QED) is 0.705. The van der Waals surface area contributed by atoms with Crippen molar-refractivity contribution in [2.75, 3.05) is 6.61 Å². The van der Waals surface area contributed by atoms with Crippen molar-refractivity contribution in [2.45, 2.75) is 77.9 Å². The van der Waals surface area contributed by atoms with Crippen LogP contribution in [-0.2, 0) is 20.9 Å². The number of aliphatic hydroxyl groups excluding tert-OH is 1. The van der Waals surface area contributed by atoms with E-state index in [1.807, 2.05) is 30.3 Å². The van der Waals surface area contributed by atoms with Gasteiger partial charge in [-0.2, -0.15) is 0 Å².